The van der Waals surface area contributed by atoms with Crippen LogP contribution >= 0.6 is 0 Å². The largest absolute Gasteiger partial charge is 0.393 e. The second kappa shape index (κ2) is 6.41. The number of rotatable bonds is 6. The van der Waals surface area contributed by atoms with E-state index in [0.29, 0.717) is 0 Å². The van der Waals surface area contributed by atoms with E-state index in [4.69, 9.17) is 0 Å². The molecule has 0 rings (SSSR count). The highest BCUT2D eigenvalue weighted by molar-refractivity contribution is 4.91. The van der Waals surface area contributed by atoms with Crippen LogP contribution in [0.1, 0.15) is 46.0 Å². The van der Waals surface area contributed by atoms with Crippen LogP contribution in [0.2, 0.25) is 0 Å². The van der Waals surface area contributed by atoms with Crippen molar-refractivity contribution in [2.45, 2.75) is 52.1 Å². The lowest BCUT2D eigenvalue weighted by molar-refractivity contribution is 0.157. The van der Waals surface area contributed by atoms with Gasteiger partial charge in [-0.25, -0.2) is 0 Å². The lowest BCUT2D eigenvalue weighted by atomic mass is 10.0. The highest BCUT2D eigenvalue weighted by Gasteiger charge is 1.99. The molecule has 0 amide bonds. The summed E-state index contributed by atoms with van der Waals surface area (Å²) in [6.45, 7) is 8.05. The number of aliphatic hydroxyl groups is 1. The topological polar surface area (TPSA) is 20.2 Å². The average molecular weight is 156 g/mol. The highest BCUT2D eigenvalue weighted by Crippen LogP contribution is 2.10. The molecule has 1 N–H and O–H groups in total. The van der Waals surface area contributed by atoms with Gasteiger partial charge in [-0.05, 0) is 32.1 Å². The first-order chi connectivity index (χ1) is 5.20. The molecule has 1 unspecified atom stereocenters. The second-order valence-electron chi connectivity index (χ2n) is 3.06. The molecule has 0 fully saturated rings. The summed E-state index contributed by atoms with van der Waals surface area (Å²) in [6, 6.07) is 0. The van der Waals surface area contributed by atoms with Crippen molar-refractivity contribution in [1.29, 1.82) is 0 Å². The van der Waals surface area contributed by atoms with Crippen LogP contribution in [-0.4, -0.2) is 11.2 Å². The van der Waals surface area contributed by atoms with Gasteiger partial charge in [-0.15, -0.1) is 0 Å². The Labute approximate surface area is 70.1 Å². The third kappa shape index (κ3) is 6.11. The van der Waals surface area contributed by atoms with Gasteiger partial charge in [0.1, 0.15) is 0 Å². The van der Waals surface area contributed by atoms with Gasteiger partial charge < -0.3 is 5.11 Å². The molecule has 0 saturated carbocycles. The summed E-state index contributed by atoms with van der Waals surface area (Å²) in [5.41, 5.74) is 1.30. The molecule has 0 saturated heterocycles. The van der Waals surface area contributed by atoms with Crippen LogP contribution < -0.4 is 0 Å². The van der Waals surface area contributed by atoms with Gasteiger partial charge in [0.25, 0.3) is 0 Å². The number of hydrogen-bond acceptors (Lipinski definition) is 1. The Bertz CT molecular complexity index is 107. The normalized spacial score (nSPS) is 13.0. The first-order valence-electron chi connectivity index (χ1n) is 4.55. The fourth-order valence-corrected chi connectivity index (χ4v) is 0.969. The van der Waals surface area contributed by atoms with E-state index in [0.717, 1.165) is 32.1 Å². The third-order valence-electron chi connectivity index (χ3n) is 2.04. The molecule has 0 heterocycles. The summed E-state index contributed by atoms with van der Waals surface area (Å²) in [5.74, 6) is 0. The van der Waals surface area contributed by atoms with Crippen LogP contribution in [-0.2, 0) is 0 Å². The Morgan fingerprint density at radius 3 is 2.55 bits per heavy atom. The predicted octanol–water partition coefficient (Wildman–Crippen LogP) is 2.89. The average Bonchev–Trinajstić information content (AvgIpc) is 2.04. The van der Waals surface area contributed by atoms with E-state index in [1.54, 1.807) is 0 Å². The van der Waals surface area contributed by atoms with E-state index in [1.165, 1.54) is 5.57 Å². The zero-order chi connectivity index (χ0) is 8.69. The van der Waals surface area contributed by atoms with Gasteiger partial charge in [-0.2, -0.15) is 0 Å². The lowest BCUT2D eigenvalue weighted by Gasteiger charge is -2.07. The molecule has 0 aliphatic carbocycles. The second-order valence-corrected chi connectivity index (χ2v) is 3.06. The maximum Gasteiger partial charge on any atom is 0.0537 e. The van der Waals surface area contributed by atoms with E-state index in [-0.39, 0.29) is 6.10 Å². The Morgan fingerprint density at radius 1 is 1.45 bits per heavy atom. The molecule has 0 bridgehead atoms. The van der Waals surface area contributed by atoms with Crippen LogP contribution in [0.5, 0.6) is 0 Å². The summed E-state index contributed by atoms with van der Waals surface area (Å²) < 4.78 is 0. The standard InChI is InChI=1S/C10H20O/c1-4-9(3)7-6-8-10(11)5-2/h10-11H,3-8H2,1-2H3. The molecule has 1 heteroatoms. The van der Waals surface area contributed by atoms with E-state index in [9.17, 15) is 5.11 Å². The Morgan fingerprint density at radius 2 is 2.09 bits per heavy atom. The molecule has 0 aromatic heterocycles. The van der Waals surface area contributed by atoms with E-state index >= 15 is 0 Å². The minimum atomic E-state index is -0.0975. The van der Waals surface area contributed by atoms with Crippen molar-refractivity contribution in [1.82, 2.24) is 0 Å². The zero-order valence-corrected chi connectivity index (χ0v) is 7.77. The third-order valence-corrected chi connectivity index (χ3v) is 2.04. The zero-order valence-electron chi connectivity index (χ0n) is 7.77. The van der Waals surface area contributed by atoms with Crippen molar-refractivity contribution >= 4 is 0 Å². The highest BCUT2D eigenvalue weighted by atomic mass is 16.3. The molecule has 0 spiro atoms. The lowest BCUT2D eigenvalue weighted by Crippen LogP contribution is -2.03. The fraction of sp³-hybridized carbons (Fsp3) is 0.800. The number of hydrogen-bond donors (Lipinski definition) is 1. The molecule has 1 nitrogen and oxygen atoms in total. The SMILES string of the molecule is C=C(CC)CCCC(O)CC. The molecule has 0 radical (unpaired) electrons. The summed E-state index contributed by atoms with van der Waals surface area (Å²) in [7, 11) is 0. The molecule has 0 aromatic carbocycles. The van der Waals surface area contributed by atoms with Crippen molar-refractivity contribution in [2.75, 3.05) is 0 Å². The van der Waals surface area contributed by atoms with Crippen molar-refractivity contribution in [3.63, 3.8) is 0 Å². The van der Waals surface area contributed by atoms with Crippen LogP contribution in [0.3, 0.4) is 0 Å². The van der Waals surface area contributed by atoms with Crippen LogP contribution in [0, 0.1) is 0 Å². The minimum absolute atomic E-state index is 0.0975. The van der Waals surface area contributed by atoms with Gasteiger partial charge in [0.05, 0.1) is 6.10 Å². The Kier molecular flexibility index (Phi) is 6.24. The van der Waals surface area contributed by atoms with Gasteiger partial charge in [0, 0.05) is 0 Å². The van der Waals surface area contributed by atoms with E-state index < -0.39 is 0 Å². The Balaban J connectivity index is 3.20. The summed E-state index contributed by atoms with van der Waals surface area (Å²) in [4.78, 5) is 0. The summed E-state index contributed by atoms with van der Waals surface area (Å²) in [5, 5.41) is 9.21. The molecule has 0 aliphatic heterocycles. The minimum Gasteiger partial charge on any atom is -0.393 e. The van der Waals surface area contributed by atoms with E-state index in [1.807, 2.05) is 6.92 Å². The molecule has 11 heavy (non-hydrogen) atoms. The van der Waals surface area contributed by atoms with Gasteiger partial charge in [-0.1, -0.05) is 26.0 Å². The van der Waals surface area contributed by atoms with E-state index in [2.05, 4.69) is 13.5 Å². The maximum atomic E-state index is 9.21. The van der Waals surface area contributed by atoms with Gasteiger partial charge in [0.2, 0.25) is 0 Å². The number of allylic oxidation sites excluding steroid dienone is 1. The molecular weight excluding hydrogens is 136 g/mol. The smallest absolute Gasteiger partial charge is 0.0537 e. The summed E-state index contributed by atoms with van der Waals surface area (Å²) in [6.07, 6.45) is 4.94. The number of aliphatic hydroxyl groups excluding tert-OH is 1. The summed E-state index contributed by atoms with van der Waals surface area (Å²) >= 11 is 0. The van der Waals surface area contributed by atoms with Gasteiger partial charge in [-0.3, -0.25) is 0 Å². The fourth-order valence-electron chi connectivity index (χ4n) is 0.969. The van der Waals surface area contributed by atoms with Crippen LogP contribution in [0.25, 0.3) is 0 Å². The van der Waals surface area contributed by atoms with Gasteiger partial charge in [0.15, 0.2) is 0 Å². The molecular formula is C10H20O. The van der Waals surface area contributed by atoms with Crippen LogP contribution in [0.4, 0.5) is 0 Å². The van der Waals surface area contributed by atoms with Crippen molar-refractivity contribution in [3.05, 3.63) is 12.2 Å². The van der Waals surface area contributed by atoms with Crippen molar-refractivity contribution < 1.29 is 5.11 Å². The monoisotopic (exact) mass is 156 g/mol. The van der Waals surface area contributed by atoms with Crippen molar-refractivity contribution in [3.8, 4) is 0 Å². The van der Waals surface area contributed by atoms with Crippen molar-refractivity contribution in [2.24, 2.45) is 0 Å². The molecule has 66 valence electrons. The predicted molar refractivity (Wildman–Crippen MR) is 49.6 cm³/mol. The molecule has 1 atom stereocenters. The first kappa shape index (κ1) is 10.7. The molecule has 0 aromatic rings. The molecule has 0 aliphatic rings. The first-order valence-corrected chi connectivity index (χ1v) is 4.55. The quantitative estimate of drug-likeness (QED) is 0.586. The van der Waals surface area contributed by atoms with Crippen LogP contribution in [0.15, 0.2) is 12.2 Å². The maximum absolute atomic E-state index is 9.21. The Hall–Kier alpha value is -0.300. The van der Waals surface area contributed by atoms with Gasteiger partial charge >= 0.3 is 0 Å².